The zero-order valence-electron chi connectivity index (χ0n) is 14.5. The third kappa shape index (κ3) is 5.59. The molecule has 1 fully saturated rings. The Kier molecular flexibility index (Phi) is 6.13. The number of β-amino-alcohol motifs (C(OH)–C–C–N with tert-alkyl or cyclic N) is 1. The molecule has 0 saturated carbocycles. The average molecular weight is 319 g/mol. The normalized spacial score (nSPS) is 18.0. The van der Waals surface area contributed by atoms with E-state index in [4.69, 9.17) is 0 Å². The molecule has 128 valence electrons. The lowest BCUT2D eigenvalue weighted by atomic mass is 9.89. The van der Waals surface area contributed by atoms with E-state index in [0.717, 1.165) is 38.2 Å². The topological polar surface area (TPSA) is 56.7 Å². The van der Waals surface area contributed by atoms with E-state index in [2.05, 4.69) is 30.7 Å². The van der Waals surface area contributed by atoms with Crippen molar-refractivity contribution in [2.75, 3.05) is 32.7 Å². The van der Waals surface area contributed by atoms with Crippen molar-refractivity contribution in [2.24, 2.45) is 5.41 Å². The highest BCUT2D eigenvalue weighted by Gasteiger charge is 2.27. The van der Waals surface area contributed by atoms with E-state index >= 15 is 0 Å². The lowest BCUT2D eigenvalue weighted by molar-refractivity contribution is -0.133. The van der Waals surface area contributed by atoms with Gasteiger partial charge in [0, 0.05) is 51.5 Å². The number of aryl methyl sites for hydroxylation is 1. The summed E-state index contributed by atoms with van der Waals surface area (Å²) in [6.07, 6.45) is 4.51. The predicted molar refractivity (Wildman–Crippen MR) is 91.0 cm³/mol. The summed E-state index contributed by atoms with van der Waals surface area (Å²) in [5.74, 6) is 0.220. The number of pyridine rings is 1. The Hall–Kier alpha value is -1.46. The molecule has 1 unspecified atom stereocenters. The zero-order valence-corrected chi connectivity index (χ0v) is 14.5. The molecule has 0 aliphatic carbocycles. The number of nitrogens with zero attached hydrogens (tertiary/aromatic N) is 3. The maximum Gasteiger partial charge on any atom is 0.222 e. The van der Waals surface area contributed by atoms with E-state index in [9.17, 15) is 9.90 Å². The summed E-state index contributed by atoms with van der Waals surface area (Å²) in [7, 11) is 0. The Balaban J connectivity index is 1.72. The van der Waals surface area contributed by atoms with Gasteiger partial charge >= 0.3 is 0 Å². The monoisotopic (exact) mass is 319 g/mol. The van der Waals surface area contributed by atoms with Crippen molar-refractivity contribution in [3.63, 3.8) is 0 Å². The Labute approximate surface area is 139 Å². The largest absolute Gasteiger partial charge is 0.391 e. The minimum absolute atomic E-state index is 0.0997. The second-order valence-electron chi connectivity index (χ2n) is 7.42. The first kappa shape index (κ1) is 17.9. The van der Waals surface area contributed by atoms with Gasteiger partial charge in [-0.3, -0.25) is 14.7 Å². The first-order valence-corrected chi connectivity index (χ1v) is 8.43. The second kappa shape index (κ2) is 7.88. The molecule has 1 aliphatic rings. The molecule has 1 aliphatic heterocycles. The van der Waals surface area contributed by atoms with Gasteiger partial charge < -0.3 is 10.0 Å². The molecular weight excluding hydrogens is 290 g/mol. The van der Waals surface area contributed by atoms with Crippen LogP contribution in [0.1, 0.15) is 32.8 Å². The standard InChI is InChI=1S/C18H29N3O2/c1-18(2,3)16(22)14-20-10-12-21(13-11-20)17(23)5-4-15-6-8-19-9-7-15/h6-9,16,22H,4-5,10-14H2,1-3H3. The summed E-state index contributed by atoms with van der Waals surface area (Å²) < 4.78 is 0. The van der Waals surface area contributed by atoms with Crippen molar-refractivity contribution in [1.29, 1.82) is 0 Å². The number of piperazine rings is 1. The molecular formula is C18H29N3O2. The molecule has 1 amide bonds. The molecule has 0 bridgehead atoms. The number of aromatic nitrogens is 1. The maximum absolute atomic E-state index is 12.3. The van der Waals surface area contributed by atoms with E-state index in [-0.39, 0.29) is 17.4 Å². The molecule has 23 heavy (non-hydrogen) atoms. The maximum atomic E-state index is 12.3. The summed E-state index contributed by atoms with van der Waals surface area (Å²) in [4.78, 5) is 20.5. The van der Waals surface area contributed by atoms with Gasteiger partial charge in [0.05, 0.1) is 6.10 Å². The van der Waals surface area contributed by atoms with Crippen LogP contribution in [0.2, 0.25) is 0 Å². The summed E-state index contributed by atoms with van der Waals surface area (Å²) in [5, 5.41) is 10.2. The van der Waals surface area contributed by atoms with Crippen molar-refractivity contribution < 1.29 is 9.90 Å². The molecule has 1 N–H and O–H groups in total. The van der Waals surface area contributed by atoms with Crippen LogP contribution in [-0.4, -0.2) is 64.6 Å². The van der Waals surface area contributed by atoms with Crippen molar-refractivity contribution in [2.45, 2.75) is 39.7 Å². The fourth-order valence-corrected chi connectivity index (χ4v) is 2.66. The van der Waals surface area contributed by atoms with Gasteiger partial charge in [-0.15, -0.1) is 0 Å². The van der Waals surface area contributed by atoms with Crippen LogP contribution in [0, 0.1) is 5.41 Å². The van der Waals surface area contributed by atoms with E-state index in [0.29, 0.717) is 13.0 Å². The summed E-state index contributed by atoms with van der Waals surface area (Å²) in [5.41, 5.74) is 1.05. The number of carbonyl (C=O) groups excluding carboxylic acids is 1. The van der Waals surface area contributed by atoms with Crippen molar-refractivity contribution in [1.82, 2.24) is 14.8 Å². The van der Waals surface area contributed by atoms with E-state index < -0.39 is 0 Å². The summed E-state index contributed by atoms with van der Waals surface area (Å²) in [6, 6.07) is 3.91. The lowest BCUT2D eigenvalue weighted by Crippen LogP contribution is -2.51. The zero-order chi connectivity index (χ0) is 16.9. The molecule has 0 aromatic carbocycles. The predicted octanol–water partition coefficient (Wildman–Crippen LogP) is 1.57. The Bertz CT molecular complexity index is 491. The third-order valence-corrected chi connectivity index (χ3v) is 4.53. The Morgan fingerprint density at radius 3 is 2.39 bits per heavy atom. The van der Waals surface area contributed by atoms with Crippen molar-refractivity contribution in [3.8, 4) is 0 Å². The highest BCUT2D eigenvalue weighted by Crippen LogP contribution is 2.20. The molecule has 1 aromatic rings. The van der Waals surface area contributed by atoms with Gasteiger partial charge in [-0.05, 0) is 29.5 Å². The van der Waals surface area contributed by atoms with E-state index in [1.165, 1.54) is 0 Å². The molecule has 0 spiro atoms. The third-order valence-electron chi connectivity index (χ3n) is 4.53. The quantitative estimate of drug-likeness (QED) is 0.895. The van der Waals surface area contributed by atoms with Crippen LogP contribution in [0.4, 0.5) is 0 Å². The number of hydrogen-bond acceptors (Lipinski definition) is 4. The highest BCUT2D eigenvalue weighted by atomic mass is 16.3. The molecule has 0 radical (unpaired) electrons. The molecule has 2 heterocycles. The number of aliphatic hydroxyl groups is 1. The number of aliphatic hydroxyl groups excluding tert-OH is 1. The second-order valence-corrected chi connectivity index (χ2v) is 7.42. The molecule has 5 heteroatoms. The van der Waals surface area contributed by atoms with Crippen LogP contribution in [0.5, 0.6) is 0 Å². The van der Waals surface area contributed by atoms with Gasteiger partial charge in [-0.2, -0.15) is 0 Å². The summed E-state index contributed by atoms with van der Waals surface area (Å²) >= 11 is 0. The van der Waals surface area contributed by atoms with Crippen LogP contribution in [0.3, 0.4) is 0 Å². The number of carbonyl (C=O) groups is 1. The first-order chi connectivity index (χ1) is 10.9. The highest BCUT2D eigenvalue weighted by molar-refractivity contribution is 5.76. The van der Waals surface area contributed by atoms with Gasteiger partial charge in [0.15, 0.2) is 0 Å². The van der Waals surface area contributed by atoms with Crippen LogP contribution in [-0.2, 0) is 11.2 Å². The Morgan fingerprint density at radius 1 is 1.22 bits per heavy atom. The fourth-order valence-electron chi connectivity index (χ4n) is 2.66. The van der Waals surface area contributed by atoms with Crippen LogP contribution >= 0.6 is 0 Å². The van der Waals surface area contributed by atoms with Crippen LogP contribution in [0.15, 0.2) is 24.5 Å². The Morgan fingerprint density at radius 2 is 1.83 bits per heavy atom. The van der Waals surface area contributed by atoms with Gasteiger partial charge in [0.25, 0.3) is 0 Å². The summed E-state index contributed by atoms with van der Waals surface area (Å²) in [6.45, 7) is 10.0. The molecule has 5 nitrogen and oxygen atoms in total. The average Bonchev–Trinajstić information content (AvgIpc) is 2.53. The number of rotatable bonds is 5. The first-order valence-electron chi connectivity index (χ1n) is 8.43. The molecule has 1 atom stereocenters. The van der Waals surface area contributed by atoms with Gasteiger partial charge in [0.1, 0.15) is 0 Å². The number of amides is 1. The van der Waals surface area contributed by atoms with Gasteiger partial charge in [-0.25, -0.2) is 0 Å². The minimum atomic E-state index is -0.337. The number of hydrogen-bond donors (Lipinski definition) is 1. The van der Waals surface area contributed by atoms with Crippen LogP contribution < -0.4 is 0 Å². The lowest BCUT2D eigenvalue weighted by Gasteiger charge is -2.38. The van der Waals surface area contributed by atoms with E-state index in [1.807, 2.05) is 17.0 Å². The van der Waals surface area contributed by atoms with E-state index in [1.54, 1.807) is 12.4 Å². The fraction of sp³-hybridized carbons (Fsp3) is 0.667. The molecule has 1 aromatic heterocycles. The minimum Gasteiger partial charge on any atom is -0.391 e. The van der Waals surface area contributed by atoms with Crippen molar-refractivity contribution in [3.05, 3.63) is 30.1 Å². The van der Waals surface area contributed by atoms with Crippen LogP contribution in [0.25, 0.3) is 0 Å². The van der Waals surface area contributed by atoms with Crippen molar-refractivity contribution >= 4 is 5.91 Å². The molecule has 2 rings (SSSR count). The molecule has 1 saturated heterocycles. The van der Waals surface area contributed by atoms with Gasteiger partial charge in [-0.1, -0.05) is 20.8 Å². The SMILES string of the molecule is CC(C)(C)C(O)CN1CCN(C(=O)CCc2ccncc2)CC1. The smallest absolute Gasteiger partial charge is 0.222 e. The van der Waals surface area contributed by atoms with Gasteiger partial charge in [0.2, 0.25) is 5.91 Å².